The summed E-state index contributed by atoms with van der Waals surface area (Å²) in [4.78, 5) is 19.1. The third-order valence-electron chi connectivity index (χ3n) is 2.17. The molecule has 0 aliphatic heterocycles. The first-order valence-corrected chi connectivity index (χ1v) is 4.80. The molecule has 0 saturated carbocycles. The van der Waals surface area contributed by atoms with E-state index >= 15 is 0 Å². The molecule has 0 bridgehead atoms. The maximum absolute atomic E-state index is 10.7. The molecule has 4 heteroatoms. The maximum Gasteiger partial charge on any atom is 0.331 e. The highest BCUT2D eigenvalue weighted by molar-refractivity contribution is 5.91. The minimum Gasteiger partial charge on any atom is -0.478 e. The molecule has 2 rings (SSSR count). The summed E-state index contributed by atoms with van der Waals surface area (Å²) >= 11 is 0. The standard InChI is InChI=1S/C12H10N2O2/c1-8(12(15)16)6-9-7-13-10-4-2-3-5-11(10)14-9/h2-7H,1H3,(H,15,16). The second kappa shape index (κ2) is 4.10. The molecule has 1 aromatic carbocycles. The van der Waals surface area contributed by atoms with E-state index in [-0.39, 0.29) is 5.57 Å². The lowest BCUT2D eigenvalue weighted by molar-refractivity contribution is -0.132. The Morgan fingerprint density at radius 1 is 1.31 bits per heavy atom. The first kappa shape index (κ1) is 10.3. The molecule has 0 radical (unpaired) electrons. The summed E-state index contributed by atoms with van der Waals surface area (Å²) in [6, 6.07) is 7.46. The largest absolute Gasteiger partial charge is 0.478 e. The summed E-state index contributed by atoms with van der Waals surface area (Å²) in [6.07, 6.45) is 3.07. The Balaban J connectivity index is 2.47. The molecule has 0 atom stereocenters. The summed E-state index contributed by atoms with van der Waals surface area (Å²) in [5, 5.41) is 8.74. The molecule has 1 heterocycles. The van der Waals surface area contributed by atoms with Crippen LogP contribution in [0, 0.1) is 0 Å². The van der Waals surface area contributed by atoms with Crippen LogP contribution in [0.25, 0.3) is 17.1 Å². The van der Waals surface area contributed by atoms with Crippen molar-refractivity contribution < 1.29 is 9.90 Å². The van der Waals surface area contributed by atoms with Crippen molar-refractivity contribution in [1.29, 1.82) is 0 Å². The van der Waals surface area contributed by atoms with Crippen LogP contribution < -0.4 is 0 Å². The van der Waals surface area contributed by atoms with Crippen molar-refractivity contribution in [2.75, 3.05) is 0 Å². The van der Waals surface area contributed by atoms with Gasteiger partial charge in [-0.3, -0.25) is 4.98 Å². The molecule has 0 spiro atoms. The Kier molecular flexibility index (Phi) is 2.64. The minimum atomic E-state index is -0.949. The van der Waals surface area contributed by atoms with E-state index in [1.807, 2.05) is 24.3 Å². The molecule has 0 fully saturated rings. The Morgan fingerprint density at radius 3 is 2.69 bits per heavy atom. The number of carbonyl (C=O) groups is 1. The normalized spacial score (nSPS) is 11.7. The Hall–Kier alpha value is -2.23. The van der Waals surface area contributed by atoms with Crippen molar-refractivity contribution in [1.82, 2.24) is 9.97 Å². The molecule has 0 aliphatic carbocycles. The van der Waals surface area contributed by atoms with Crippen molar-refractivity contribution in [3.63, 3.8) is 0 Å². The molecule has 0 unspecified atom stereocenters. The van der Waals surface area contributed by atoms with E-state index in [0.29, 0.717) is 5.69 Å². The number of carboxylic acid groups (broad SMARTS) is 1. The van der Waals surface area contributed by atoms with E-state index in [1.54, 1.807) is 6.20 Å². The van der Waals surface area contributed by atoms with Gasteiger partial charge in [0.1, 0.15) is 0 Å². The van der Waals surface area contributed by atoms with Crippen LogP contribution in [0.1, 0.15) is 12.6 Å². The Bertz CT molecular complexity index is 576. The van der Waals surface area contributed by atoms with Gasteiger partial charge in [0, 0.05) is 5.57 Å². The fourth-order valence-corrected chi connectivity index (χ4v) is 1.32. The van der Waals surface area contributed by atoms with Crippen molar-refractivity contribution in [2.24, 2.45) is 0 Å². The first-order chi connectivity index (χ1) is 7.66. The van der Waals surface area contributed by atoms with Crippen LogP contribution >= 0.6 is 0 Å². The monoisotopic (exact) mass is 214 g/mol. The molecule has 0 saturated heterocycles. The molecule has 0 amide bonds. The quantitative estimate of drug-likeness (QED) is 0.778. The van der Waals surface area contributed by atoms with Crippen LogP contribution in [0.3, 0.4) is 0 Å². The predicted octanol–water partition coefficient (Wildman–Crippen LogP) is 2.12. The van der Waals surface area contributed by atoms with Crippen LogP contribution in [-0.2, 0) is 4.79 Å². The summed E-state index contributed by atoms with van der Waals surface area (Å²) in [5.41, 5.74) is 2.35. The molecule has 0 aliphatic rings. The molecule has 1 aromatic heterocycles. The summed E-state index contributed by atoms with van der Waals surface area (Å²) < 4.78 is 0. The van der Waals surface area contributed by atoms with Gasteiger partial charge in [-0.1, -0.05) is 12.1 Å². The average molecular weight is 214 g/mol. The summed E-state index contributed by atoms with van der Waals surface area (Å²) in [5.74, 6) is -0.949. The van der Waals surface area contributed by atoms with Crippen molar-refractivity contribution in [2.45, 2.75) is 6.92 Å². The van der Waals surface area contributed by atoms with E-state index < -0.39 is 5.97 Å². The van der Waals surface area contributed by atoms with E-state index in [9.17, 15) is 4.79 Å². The van der Waals surface area contributed by atoms with Crippen molar-refractivity contribution in [3.8, 4) is 0 Å². The summed E-state index contributed by atoms with van der Waals surface area (Å²) in [6.45, 7) is 1.53. The molecule has 2 aromatic rings. The van der Waals surface area contributed by atoms with Crippen molar-refractivity contribution >= 4 is 23.1 Å². The number of carboxylic acids is 1. The molecule has 1 N–H and O–H groups in total. The average Bonchev–Trinajstić information content (AvgIpc) is 2.28. The lowest BCUT2D eigenvalue weighted by Crippen LogP contribution is -1.96. The molecular formula is C12H10N2O2. The zero-order chi connectivity index (χ0) is 11.5. The highest BCUT2D eigenvalue weighted by Crippen LogP contribution is 2.10. The lowest BCUT2D eigenvalue weighted by atomic mass is 10.2. The molecule has 4 nitrogen and oxygen atoms in total. The smallest absolute Gasteiger partial charge is 0.331 e. The maximum atomic E-state index is 10.7. The van der Waals surface area contributed by atoms with Crippen LogP contribution in [-0.4, -0.2) is 21.0 Å². The second-order valence-electron chi connectivity index (χ2n) is 3.42. The van der Waals surface area contributed by atoms with Gasteiger partial charge in [-0.15, -0.1) is 0 Å². The van der Waals surface area contributed by atoms with Gasteiger partial charge >= 0.3 is 5.97 Å². The number of fused-ring (bicyclic) bond motifs is 1. The highest BCUT2D eigenvalue weighted by Gasteiger charge is 2.01. The van der Waals surface area contributed by atoms with Gasteiger partial charge in [0.15, 0.2) is 0 Å². The van der Waals surface area contributed by atoms with Gasteiger partial charge in [-0.25, -0.2) is 9.78 Å². The second-order valence-corrected chi connectivity index (χ2v) is 3.42. The van der Waals surface area contributed by atoms with Crippen LogP contribution in [0.2, 0.25) is 0 Å². The Morgan fingerprint density at radius 2 is 2.00 bits per heavy atom. The number of aromatic nitrogens is 2. The Labute approximate surface area is 92.3 Å². The number of hydrogen-bond donors (Lipinski definition) is 1. The number of hydrogen-bond acceptors (Lipinski definition) is 3. The van der Waals surface area contributed by atoms with Gasteiger partial charge in [-0.05, 0) is 25.1 Å². The first-order valence-electron chi connectivity index (χ1n) is 4.80. The number of aliphatic carboxylic acids is 1. The molecule has 80 valence electrons. The van der Waals surface area contributed by atoms with Crippen LogP contribution in [0.4, 0.5) is 0 Å². The van der Waals surface area contributed by atoms with Gasteiger partial charge in [-0.2, -0.15) is 0 Å². The van der Waals surface area contributed by atoms with Crippen LogP contribution in [0.5, 0.6) is 0 Å². The highest BCUT2D eigenvalue weighted by atomic mass is 16.4. The van der Waals surface area contributed by atoms with E-state index in [1.165, 1.54) is 13.0 Å². The van der Waals surface area contributed by atoms with Gasteiger partial charge < -0.3 is 5.11 Å². The predicted molar refractivity (Wildman–Crippen MR) is 60.8 cm³/mol. The third-order valence-corrected chi connectivity index (χ3v) is 2.17. The van der Waals surface area contributed by atoms with Crippen LogP contribution in [0.15, 0.2) is 36.0 Å². The van der Waals surface area contributed by atoms with Gasteiger partial charge in [0.05, 0.1) is 22.9 Å². The zero-order valence-electron chi connectivity index (χ0n) is 8.71. The third kappa shape index (κ3) is 2.06. The summed E-state index contributed by atoms with van der Waals surface area (Å²) in [7, 11) is 0. The van der Waals surface area contributed by atoms with E-state index in [2.05, 4.69) is 9.97 Å². The van der Waals surface area contributed by atoms with E-state index in [4.69, 9.17) is 5.11 Å². The van der Waals surface area contributed by atoms with Crippen molar-refractivity contribution in [3.05, 3.63) is 41.7 Å². The molecule has 16 heavy (non-hydrogen) atoms. The fourth-order valence-electron chi connectivity index (χ4n) is 1.32. The number of benzene rings is 1. The number of para-hydroxylation sites is 2. The van der Waals surface area contributed by atoms with E-state index in [0.717, 1.165) is 11.0 Å². The molecular weight excluding hydrogens is 204 g/mol. The number of rotatable bonds is 2. The topological polar surface area (TPSA) is 63.1 Å². The SMILES string of the molecule is CC(=Cc1cnc2ccccc2n1)C(=O)O. The van der Waals surface area contributed by atoms with Gasteiger partial charge in [0.2, 0.25) is 0 Å². The fraction of sp³-hybridized carbons (Fsp3) is 0.0833. The lowest BCUT2D eigenvalue weighted by Gasteiger charge is -1.98. The number of nitrogens with zero attached hydrogens (tertiary/aromatic N) is 2. The zero-order valence-corrected chi connectivity index (χ0v) is 8.71. The van der Waals surface area contributed by atoms with Gasteiger partial charge in [0.25, 0.3) is 0 Å². The minimum absolute atomic E-state index is 0.240.